The van der Waals surface area contributed by atoms with Crippen molar-refractivity contribution in [2.24, 2.45) is 4.99 Å². The molecule has 1 saturated heterocycles. The van der Waals surface area contributed by atoms with Crippen LogP contribution >= 0.6 is 24.0 Å². The van der Waals surface area contributed by atoms with Crippen LogP contribution in [0.1, 0.15) is 32.8 Å². The number of halogens is 1. The van der Waals surface area contributed by atoms with Crippen LogP contribution in [0.25, 0.3) is 0 Å². The number of hydrogen-bond donors (Lipinski definition) is 2. The van der Waals surface area contributed by atoms with E-state index in [1.165, 1.54) is 0 Å². The van der Waals surface area contributed by atoms with Gasteiger partial charge in [-0.15, -0.1) is 24.0 Å². The van der Waals surface area contributed by atoms with E-state index in [0.717, 1.165) is 63.0 Å². The minimum Gasteiger partial charge on any atom is -0.493 e. The fraction of sp³-hybridized carbons (Fsp3) is 0.636. The van der Waals surface area contributed by atoms with Crippen LogP contribution in [0.15, 0.2) is 29.3 Å². The average Bonchev–Trinajstić information content (AvgIpc) is 2.68. The topological polar surface area (TPSA) is 69.2 Å². The standard InChI is InChI=1S/C22H37N5O2.HI/c1-5-23-22(24-11-8-16-29-20-10-7-6-9-19(20)4)27-14-12-26(13-15-27)17-21(28)25-18(2)3;/h6-7,9-10,18H,5,8,11-17H2,1-4H3,(H,23,24)(H,25,28);1H. The fourth-order valence-electron chi connectivity index (χ4n) is 3.26. The lowest BCUT2D eigenvalue weighted by molar-refractivity contribution is -0.123. The largest absolute Gasteiger partial charge is 0.493 e. The highest BCUT2D eigenvalue weighted by Gasteiger charge is 2.21. The molecule has 0 atom stereocenters. The molecule has 1 aliphatic heterocycles. The Hall–Kier alpha value is -1.55. The highest BCUT2D eigenvalue weighted by atomic mass is 127. The molecule has 1 heterocycles. The summed E-state index contributed by atoms with van der Waals surface area (Å²) in [5.41, 5.74) is 1.16. The molecule has 1 amide bonds. The Balaban J connectivity index is 0.00000450. The van der Waals surface area contributed by atoms with Crippen LogP contribution < -0.4 is 15.4 Å². The number of benzene rings is 1. The van der Waals surface area contributed by atoms with Crippen molar-refractivity contribution in [3.63, 3.8) is 0 Å². The Morgan fingerprint density at radius 1 is 1.20 bits per heavy atom. The summed E-state index contributed by atoms with van der Waals surface area (Å²) >= 11 is 0. The Bertz CT molecular complexity index is 661. The van der Waals surface area contributed by atoms with E-state index in [-0.39, 0.29) is 35.9 Å². The average molecular weight is 531 g/mol. The van der Waals surface area contributed by atoms with Crippen LogP contribution in [0, 0.1) is 6.92 Å². The van der Waals surface area contributed by atoms with Crippen LogP contribution in [0.5, 0.6) is 5.75 Å². The number of rotatable bonds is 9. The first-order chi connectivity index (χ1) is 14.0. The summed E-state index contributed by atoms with van der Waals surface area (Å²) in [6, 6.07) is 8.26. The smallest absolute Gasteiger partial charge is 0.234 e. The maximum atomic E-state index is 12.0. The van der Waals surface area contributed by atoms with Crippen molar-refractivity contribution in [2.75, 3.05) is 52.4 Å². The molecule has 30 heavy (non-hydrogen) atoms. The van der Waals surface area contributed by atoms with E-state index in [4.69, 9.17) is 9.73 Å². The third kappa shape index (κ3) is 9.51. The molecule has 1 aromatic rings. The van der Waals surface area contributed by atoms with E-state index in [9.17, 15) is 4.79 Å². The SMILES string of the molecule is CCNC(=NCCCOc1ccccc1C)N1CCN(CC(=O)NC(C)C)CC1.I. The van der Waals surface area contributed by atoms with E-state index in [1.807, 2.05) is 32.0 Å². The molecule has 0 spiro atoms. The van der Waals surface area contributed by atoms with Crippen molar-refractivity contribution < 1.29 is 9.53 Å². The van der Waals surface area contributed by atoms with Crippen molar-refractivity contribution in [2.45, 2.75) is 40.2 Å². The highest BCUT2D eigenvalue weighted by molar-refractivity contribution is 14.0. The van der Waals surface area contributed by atoms with Gasteiger partial charge in [0, 0.05) is 51.7 Å². The maximum absolute atomic E-state index is 12.0. The van der Waals surface area contributed by atoms with Gasteiger partial charge in [-0.2, -0.15) is 0 Å². The maximum Gasteiger partial charge on any atom is 0.234 e. The van der Waals surface area contributed by atoms with Gasteiger partial charge in [-0.3, -0.25) is 14.7 Å². The minimum atomic E-state index is 0. The zero-order valence-corrected chi connectivity index (χ0v) is 21.1. The van der Waals surface area contributed by atoms with E-state index in [2.05, 4.69) is 40.3 Å². The number of nitrogens with one attached hydrogen (secondary N) is 2. The molecular formula is C22H38IN5O2. The van der Waals surface area contributed by atoms with E-state index >= 15 is 0 Å². The van der Waals surface area contributed by atoms with Gasteiger partial charge >= 0.3 is 0 Å². The second kappa shape index (κ2) is 14.5. The molecule has 0 aliphatic carbocycles. The summed E-state index contributed by atoms with van der Waals surface area (Å²) in [4.78, 5) is 21.2. The highest BCUT2D eigenvalue weighted by Crippen LogP contribution is 2.16. The summed E-state index contributed by atoms with van der Waals surface area (Å²) in [6.07, 6.45) is 0.874. The third-order valence-electron chi connectivity index (χ3n) is 4.74. The second-order valence-electron chi connectivity index (χ2n) is 7.69. The molecule has 170 valence electrons. The molecule has 0 radical (unpaired) electrons. The summed E-state index contributed by atoms with van der Waals surface area (Å²) < 4.78 is 5.85. The number of nitrogens with zero attached hydrogens (tertiary/aromatic N) is 3. The van der Waals surface area contributed by atoms with E-state index in [0.29, 0.717) is 13.2 Å². The number of amides is 1. The first-order valence-electron chi connectivity index (χ1n) is 10.7. The number of guanidine groups is 1. The molecule has 2 N–H and O–H groups in total. The lowest BCUT2D eigenvalue weighted by Crippen LogP contribution is -2.54. The van der Waals surface area contributed by atoms with Crippen LogP contribution in [0.3, 0.4) is 0 Å². The number of ether oxygens (including phenoxy) is 1. The van der Waals surface area contributed by atoms with Gasteiger partial charge < -0.3 is 20.3 Å². The quantitative estimate of drug-likeness (QED) is 0.222. The summed E-state index contributed by atoms with van der Waals surface area (Å²) in [7, 11) is 0. The Morgan fingerprint density at radius 3 is 2.53 bits per heavy atom. The van der Waals surface area contributed by atoms with Crippen molar-refractivity contribution in [3.8, 4) is 5.75 Å². The molecule has 2 rings (SSSR count). The van der Waals surface area contributed by atoms with Gasteiger partial charge in [-0.1, -0.05) is 18.2 Å². The van der Waals surface area contributed by atoms with Crippen molar-refractivity contribution in [1.82, 2.24) is 20.4 Å². The minimum absolute atomic E-state index is 0. The predicted molar refractivity (Wildman–Crippen MR) is 134 cm³/mol. The van der Waals surface area contributed by atoms with Crippen LogP contribution in [-0.2, 0) is 4.79 Å². The van der Waals surface area contributed by atoms with Gasteiger partial charge in [0.2, 0.25) is 5.91 Å². The molecule has 1 fully saturated rings. The molecule has 7 nitrogen and oxygen atoms in total. The number of aliphatic imine (C=N–C) groups is 1. The molecule has 8 heteroatoms. The molecule has 0 unspecified atom stereocenters. The molecular weight excluding hydrogens is 493 g/mol. The first kappa shape index (κ1) is 26.5. The van der Waals surface area contributed by atoms with Crippen molar-refractivity contribution in [1.29, 1.82) is 0 Å². The van der Waals surface area contributed by atoms with Crippen LogP contribution in [-0.4, -0.2) is 80.1 Å². The van der Waals surface area contributed by atoms with Gasteiger partial charge in [0.05, 0.1) is 13.2 Å². The molecule has 1 aliphatic rings. The van der Waals surface area contributed by atoms with Crippen LogP contribution in [0.2, 0.25) is 0 Å². The number of para-hydroxylation sites is 1. The summed E-state index contributed by atoms with van der Waals surface area (Å²) in [5, 5.41) is 6.35. The van der Waals surface area contributed by atoms with Crippen LogP contribution in [0.4, 0.5) is 0 Å². The Labute approximate surface area is 198 Å². The van der Waals surface area contributed by atoms with Gasteiger partial charge in [0.25, 0.3) is 0 Å². The van der Waals surface area contributed by atoms with Gasteiger partial charge in [-0.25, -0.2) is 0 Å². The summed E-state index contributed by atoms with van der Waals surface area (Å²) in [6.45, 7) is 14.3. The fourth-order valence-corrected chi connectivity index (χ4v) is 3.26. The number of carbonyl (C=O) groups is 1. The zero-order chi connectivity index (χ0) is 21.1. The Kier molecular flexibility index (Phi) is 12.8. The summed E-state index contributed by atoms with van der Waals surface area (Å²) in [5.74, 6) is 2.00. The first-order valence-corrected chi connectivity index (χ1v) is 10.7. The lowest BCUT2D eigenvalue weighted by Gasteiger charge is -2.36. The zero-order valence-electron chi connectivity index (χ0n) is 18.8. The molecule has 0 saturated carbocycles. The number of carbonyl (C=O) groups excluding carboxylic acids is 1. The van der Waals surface area contributed by atoms with Gasteiger partial charge in [0.1, 0.15) is 5.75 Å². The molecule has 0 aromatic heterocycles. The molecule has 1 aromatic carbocycles. The van der Waals surface area contributed by atoms with E-state index < -0.39 is 0 Å². The van der Waals surface area contributed by atoms with E-state index in [1.54, 1.807) is 0 Å². The number of hydrogen-bond acceptors (Lipinski definition) is 4. The normalized spacial score (nSPS) is 15.0. The van der Waals surface area contributed by atoms with Gasteiger partial charge in [-0.05, 0) is 39.3 Å². The van der Waals surface area contributed by atoms with Crippen molar-refractivity contribution in [3.05, 3.63) is 29.8 Å². The molecule has 0 bridgehead atoms. The lowest BCUT2D eigenvalue weighted by atomic mass is 10.2. The number of aryl methyl sites for hydroxylation is 1. The Morgan fingerprint density at radius 2 is 1.90 bits per heavy atom. The monoisotopic (exact) mass is 531 g/mol. The number of piperazine rings is 1. The second-order valence-corrected chi connectivity index (χ2v) is 7.69. The predicted octanol–water partition coefficient (Wildman–Crippen LogP) is 2.49. The third-order valence-corrected chi connectivity index (χ3v) is 4.74. The van der Waals surface area contributed by atoms with Crippen molar-refractivity contribution >= 4 is 35.8 Å². The van der Waals surface area contributed by atoms with Gasteiger partial charge in [0.15, 0.2) is 5.96 Å².